The third-order valence-electron chi connectivity index (χ3n) is 6.43. The number of benzene rings is 2. The van der Waals surface area contributed by atoms with Gasteiger partial charge in [0.2, 0.25) is 12.6 Å². The van der Waals surface area contributed by atoms with E-state index in [9.17, 15) is 13.8 Å². The first kappa shape index (κ1) is 26.8. The average Bonchev–Trinajstić information content (AvgIpc) is 3.23. The number of carbonyl (C=O) groups excluding carboxylic acids is 1. The summed E-state index contributed by atoms with van der Waals surface area (Å²) in [7, 11) is -3.05. The molecule has 1 fully saturated rings. The van der Waals surface area contributed by atoms with Crippen LogP contribution in [-0.2, 0) is 20.6 Å². The van der Waals surface area contributed by atoms with Crippen LogP contribution >= 0.6 is 7.82 Å². The number of amides is 1. The lowest BCUT2D eigenvalue weighted by Crippen LogP contribution is -2.38. The molecule has 3 aromatic rings. The van der Waals surface area contributed by atoms with E-state index in [0.29, 0.717) is 30.0 Å². The van der Waals surface area contributed by atoms with Crippen LogP contribution in [0.15, 0.2) is 60.6 Å². The number of imidazole rings is 1. The highest BCUT2D eigenvalue weighted by Gasteiger charge is 2.28. The first-order chi connectivity index (χ1) is 17.6. The van der Waals surface area contributed by atoms with Gasteiger partial charge in [-0.25, -0.2) is 18.0 Å². The Balaban J connectivity index is 1.56. The second-order valence-electron chi connectivity index (χ2n) is 8.94. The van der Waals surface area contributed by atoms with Crippen LogP contribution in [0.2, 0.25) is 0 Å². The maximum Gasteiger partial charge on any atom is 0.472 e. The van der Waals surface area contributed by atoms with Gasteiger partial charge in [0, 0.05) is 19.0 Å². The summed E-state index contributed by atoms with van der Waals surface area (Å²) < 4.78 is 37.9. The van der Waals surface area contributed by atoms with Crippen LogP contribution in [0.3, 0.4) is 0 Å². The van der Waals surface area contributed by atoms with Crippen molar-refractivity contribution in [1.82, 2.24) is 9.47 Å². The van der Waals surface area contributed by atoms with Crippen molar-refractivity contribution in [2.24, 2.45) is 0 Å². The number of methoxy groups -OCH3 is 1. The van der Waals surface area contributed by atoms with Gasteiger partial charge >= 0.3 is 7.82 Å². The van der Waals surface area contributed by atoms with Crippen molar-refractivity contribution in [2.75, 3.05) is 13.7 Å². The molecular formula is C26H30FN3O6P+. The number of ether oxygens (including phenoxy) is 1. The van der Waals surface area contributed by atoms with Crippen molar-refractivity contribution < 1.29 is 37.4 Å². The van der Waals surface area contributed by atoms with E-state index in [1.165, 1.54) is 12.1 Å². The second-order valence-corrected chi connectivity index (χ2v) is 10.2. The smallest absolute Gasteiger partial charge is 0.472 e. The molecule has 1 aromatic heterocycles. The minimum absolute atomic E-state index is 0.0433. The van der Waals surface area contributed by atoms with E-state index >= 15 is 0 Å². The normalized spacial score (nSPS) is 16.3. The number of aromatic nitrogens is 2. The number of hydrogen-bond donors (Lipinski definition) is 2. The van der Waals surface area contributed by atoms with Crippen LogP contribution in [0.4, 0.5) is 4.39 Å². The van der Waals surface area contributed by atoms with Gasteiger partial charge in [0.25, 0.3) is 6.33 Å². The fraction of sp³-hybridized carbons (Fsp3) is 0.308. The van der Waals surface area contributed by atoms with E-state index in [2.05, 4.69) is 4.52 Å². The number of piperidine rings is 1. The Labute approximate surface area is 214 Å². The van der Waals surface area contributed by atoms with E-state index < -0.39 is 7.82 Å². The number of aryl methyl sites for hydroxylation is 1. The highest BCUT2D eigenvalue weighted by atomic mass is 31.2. The van der Waals surface area contributed by atoms with E-state index in [0.717, 1.165) is 23.2 Å². The topological polar surface area (TPSA) is 105 Å². The summed E-state index contributed by atoms with van der Waals surface area (Å²) in [6.45, 7) is 4.07. The zero-order valence-corrected chi connectivity index (χ0v) is 21.8. The molecule has 2 heterocycles. The predicted molar refractivity (Wildman–Crippen MR) is 134 cm³/mol. The number of halogens is 1. The number of carbonyl (C=O) groups is 1. The van der Waals surface area contributed by atoms with Crippen molar-refractivity contribution in [3.05, 3.63) is 83.2 Å². The van der Waals surface area contributed by atoms with Crippen molar-refractivity contribution >= 4 is 19.8 Å². The maximum absolute atomic E-state index is 13.3. The fourth-order valence-electron chi connectivity index (χ4n) is 4.41. The Kier molecular flexibility index (Phi) is 7.94. The Bertz CT molecular complexity index is 1370. The minimum atomic E-state index is -4.60. The fourth-order valence-corrected chi connectivity index (χ4v) is 4.69. The lowest BCUT2D eigenvalue weighted by Gasteiger charge is -2.34. The van der Waals surface area contributed by atoms with Gasteiger partial charge in [-0.05, 0) is 61.2 Å². The first-order valence-corrected chi connectivity index (χ1v) is 13.3. The number of rotatable bonds is 8. The van der Waals surface area contributed by atoms with Crippen LogP contribution in [0.5, 0.6) is 5.75 Å². The van der Waals surface area contributed by atoms with E-state index in [4.69, 9.17) is 14.5 Å². The first-order valence-electron chi connectivity index (χ1n) is 11.8. The number of phosphoric acid groups is 1. The molecule has 1 unspecified atom stereocenters. The molecule has 0 spiro atoms. The zero-order chi connectivity index (χ0) is 26.7. The van der Waals surface area contributed by atoms with Crippen molar-refractivity contribution in [2.45, 2.75) is 39.5 Å². The van der Waals surface area contributed by atoms with Crippen molar-refractivity contribution in [1.29, 1.82) is 0 Å². The molecule has 1 atom stereocenters. The molecule has 1 amide bonds. The Hall–Kier alpha value is -3.30. The van der Waals surface area contributed by atoms with Gasteiger partial charge in [0.05, 0.1) is 13.2 Å². The molecule has 2 aromatic carbocycles. The summed E-state index contributed by atoms with van der Waals surface area (Å²) >= 11 is 0. The molecule has 11 heteroatoms. The molecule has 37 heavy (non-hydrogen) atoms. The van der Waals surface area contributed by atoms with Crippen LogP contribution in [0.1, 0.15) is 42.6 Å². The molecule has 1 aliphatic heterocycles. The lowest BCUT2D eigenvalue weighted by atomic mass is 9.97. The van der Waals surface area contributed by atoms with Crippen LogP contribution < -0.4 is 9.30 Å². The molecule has 0 saturated carbocycles. The number of hydrogen-bond acceptors (Lipinski definition) is 4. The van der Waals surface area contributed by atoms with E-state index in [1.54, 1.807) is 47.8 Å². The third kappa shape index (κ3) is 6.34. The molecule has 0 radical (unpaired) electrons. The van der Waals surface area contributed by atoms with E-state index in [-0.39, 0.29) is 24.5 Å². The monoisotopic (exact) mass is 530 g/mol. The summed E-state index contributed by atoms with van der Waals surface area (Å²) in [5.74, 6) is 0.212. The third-order valence-corrected chi connectivity index (χ3v) is 6.88. The molecule has 0 aliphatic carbocycles. The van der Waals surface area contributed by atoms with Gasteiger partial charge < -0.3 is 19.4 Å². The van der Waals surface area contributed by atoms with Gasteiger partial charge in [0.1, 0.15) is 17.7 Å². The summed E-state index contributed by atoms with van der Waals surface area (Å²) in [6.07, 6.45) is 6.80. The number of nitrogens with zero attached hydrogens (tertiary/aromatic N) is 3. The number of likely N-dealkylation sites (tertiary alicyclic amines) is 1. The quantitative estimate of drug-likeness (QED) is 0.259. The molecule has 1 aliphatic rings. The highest BCUT2D eigenvalue weighted by molar-refractivity contribution is 7.46. The van der Waals surface area contributed by atoms with Crippen LogP contribution in [-0.4, -0.2) is 38.8 Å². The summed E-state index contributed by atoms with van der Waals surface area (Å²) in [4.78, 5) is 33.1. The Morgan fingerprint density at radius 2 is 1.95 bits per heavy atom. The SMILES string of the molecule is COc1cc(C=C2CCCN(C(C)c3ccc(F)cc3)C2=O)ccc1-[n+]1cc(C)n(COP(=O)(O)O)c1. The molecule has 9 nitrogen and oxygen atoms in total. The Morgan fingerprint density at radius 1 is 1.22 bits per heavy atom. The minimum Gasteiger partial charge on any atom is -0.492 e. The highest BCUT2D eigenvalue weighted by Crippen LogP contribution is 2.36. The summed E-state index contributed by atoms with van der Waals surface area (Å²) in [6, 6.07) is 11.6. The van der Waals surface area contributed by atoms with Gasteiger partial charge in [0.15, 0.2) is 11.4 Å². The average molecular weight is 531 g/mol. The maximum atomic E-state index is 13.3. The van der Waals surface area contributed by atoms with Gasteiger partial charge in [-0.2, -0.15) is 4.57 Å². The molecule has 196 valence electrons. The predicted octanol–water partition coefficient (Wildman–Crippen LogP) is 4.05. The van der Waals surface area contributed by atoms with Crippen LogP contribution in [0, 0.1) is 12.7 Å². The van der Waals surface area contributed by atoms with Crippen molar-refractivity contribution in [3.8, 4) is 11.4 Å². The lowest BCUT2D eigenvalue weighted by molar-refractivity contribution is -0.596. The zero-order valence-electron chi connectivity index (χ0n) is 20.9. The molecule has 2 N–H and O–H groups in total. The molecular weight excluding hydrogens is 500 g/mol. The van der Waals surface area contributed by atoms with Gasteiger partial charge in [-0.3, -0.25) is 4.79 Å². The molecule has 0 bridgehead atoms. The number of phosphoric ester groups is 1. The van der Waals surface area contributed by atoms with E-state index in [1.807, 2.05) is 36.1 Å². The van der Waals surface area contributed by atoms with Gasteiger partial charge in [-0.1, -0.05) is 18.2 Å². The summed E-state index contributed by atoms with van der Waals surface area (Å²) in [5, 5.41) is 0. The molecule has 4 rings (SSSR count). The van der Waals surface area contributed by atoms with Crippen molar-refractivity contribution in [3.63, 3.8) is 0 Å². The summed E-state index contributed by atoms with van der Waals surface area (Å²) in [5.41, 5.74) is 3.82. The Morgan fingerprint density at radius 3 is 2.62 bits per heavy atom. The standard InChI is InChI=1S/C26H29FN3O6P/c1-18-15-28(16-29(18)17-36-37(32,33)34)24-11-6-20(14-25(24)35-3)13-22-5-4-12-30(26(22)31)19(2)21-7-9-23(27)10-8-21/h6-11,13-16,19H,4-5,12,17H2,1-3H3,(H-,32,33,34)/p+1. The molecule has 1 saturated heterocycles. The largest absolute Gasteiger partial charge is 0.492 e. The second kappa shape index (κ2) is 11.0. The van der Waals surface area contributed by atoms with Gasteiger partial charge in [-0.15, -0.1) is 0 Å². The van der Waals surface area contributed by atoms with Crippen LogP contribution in [0.25, 0.3) is 11.8 Å².